The van der Waals surface area contributed by atoms with Gasteiger partial charge in [-0.15, -0.1) is 0 Å². The van der Waals surface area contributed by atoms with Crippen LogP contribution in [-0.4, -0.2) is 4.98 Å². The highest BCUT2D eigenvalue weighted by molar-refractivity contribution is 5.70. The normalized spacial score (nSPS) is 30.5. The van der Waals surface area contributed by atoms with Crippen molar-refractivity contribution in [2.24, 2.45) is 17.8 Å². The summed E-state index contributed by atoms with van der Waals surface area (Å²) >= 11 is 0. The van der Waals surface area contributed by atoms with Gasteiger partial charge in [0.1, 0.15) is 0 Å². The summed E-state index contributed by atoms with van der Waals surface area (Å²) in [5.74, 6) is 3.00. The Morgan fingerprint density at radius 2 is 1.29 bits per heavy atom. The van der Waals surface area contributed by atoms with E-state index in [0.717, 1.165) is 23.4 Å². The van der Waals surface area contributed by atoms with Crippen LogP contribution in [0.3, 0.4) is 0 Å². The van der Waals surface area contributed by atoms with Crippen LogP contribution in [0.15, 0.2) is 72.9 Å². The topological polar surface area (TPSA) is 12.9 Å². The van der Waals surface area contributed by atoms with E-state index in [1.54, 1.807) is 5.56 Å². The number of pyridine rings is 1. The number of rotatable bonds is 3. The Labute approximate surface area is 167 Å². The lowest BCUT2D eigenvalue weighted by Gasteiger charge is -2.57. The molecular weight excluding hydrogens is 338 g/mol. The largest absolute Gasteiger partial charge is 0.256 e. The summed E-state index contributed by atoms with van der Waals surface area (Å²) < 4.78 is 0. The second-order valence-electron chi connectivity index (χ2n) is 9.57. The van der Waals surface area contributed by atoms with Crippen molar-refractivity contribution >= 4 is 0 Å². The summed E-state index contributed by atoms with van der Waals surface area (Å²) in [6.07, 6.45) is 10.8. The molecule has 0 amide bonds. The third-order valence-corrected chi connectivity index (χ3v) is 7.70. The SMILES string of the molecule is c1ccc(-c2cc(-c3ccc(C45CC6CC(CC(C6)C4)C5)cc3)ccn2)cc1. The molecule has 1 aromatic heterocycles. The zero-order valence-electron chi connectivity index (χ0n) is 16.4. The van der Waals surface area contributed by atoms with Gasteiger partial charge in [0, 0.05) is 11.8 Å². The van der Waals surface area contributed by atoms with Gasteiger partial charge in [0.2, 0.25) is 0 Å². The Balaban J connectivity index is 1.31. The number of benzene rings is 2. The van der Waals surface area contributed by atoms with Gasteiger partial charge < -0.3 is 0 Å². The number of aromatic nitrogens is 1. The fourth-order valence-electron chi connectivity index (χ4n) is 6.86. The minimum atomic E-state index is 0.487. The Bertz CT molecular complexity index is 951. The molecule has 0 N–H and O–H groups in total. The summed E-state index contributed by atoms with van der Waals surface area (Å²) in [4.78, 5) is 4.58. The van der Waals surface area contributed by atoms with Crippen molar-refractivity contribution in [2.45, 2.75) is 43.9 Å². The van der Waals surface area contributed by atoms with Crippen molar-refractivity contribution in [1.29, 1.82) is 0 Å². The minimum Gasteiger partial charge on any atom is -0.256 e. The highest BCUT2D eigenvalue weighted by Crippen LogP contribution is 2.60. The summed E-state index contributed by atoms with van der Waals surface area (Å²) in [5.41, 5.74) is 6.87. The van der Waals surface area contributed by atoms with Crippen LogP contribution in [0.25, 0.3) is 22.4 Å². The van der Waals surface area contributed by atoms with E-state index >= 15 is 0 Å². The van der Waals surface area contributed by atoms with Gasteiger partial charge in [0.05, 0.1) is 5.69 Å². The quantitative estimate of drug-likeness (QED) is 0.493. The summed E-state index contributed by atoms with van der Waals surface area (Å²) in [7, 11) is 0. The Morgan fingerprint density at radius 1 is 0.643 bits per heavy atom. The lowest BCUT2D eigenvalue weighted by Crippen LogP contribution is -2.48. The van der Waals surface area contributed by atoms with Gasteiger partial charge in [0.25, 0.3) is 0 Å². The van der Waals surface area contributed by atoms with E-state index in [4.69, 9.17) is 0 Å². The molecule has 2 aromatic carbocycles. The average molecular weight is 366 g/mol. The lowest BCUT2D eigenvalue weighted by molar-refractivity contribution is -0.00518. The van der Waals surface area contributed by atoms with Crippen LogP contribution in [0.1, 0.15) is 44.1 Å². The first-order chi connectivity index (χ1) is 13.8. The first-order valence-electron chi connectivity index (χ1n) is 10.9. The molecule has 4 fully saturated rings. The first kappa shape index (κ1) is 16.5. The maximum Gasteiger partial charge on any atom is 0.0708 e. The molecule has 0 saturated heterocycles. The van der Waals surface area contributed by atoms with Gasteiger partial charge in [-0.05, 0) is 90.5 Å². The molecule has 4 aliphatic rings. The molecule has 28 heavy (non-hydrogen) atoms. The van der Waals surface area contributed by atoms with Crippen LogP contribution in [0.4, 0.5) is 0 Å². The lowest BCUT2D eigenvalue weighted by atomic mass is 9.48. The molecule has 1 heterocycles. The van der Waals surface area contributed by atoms with E-state index in [1.807, 2.05) is 6.20 Å². The molecule has 4 saturated carbocycles. The molecule has 1 heteroatoms. The molecule has 3 aromatic rings. The fourth-order valence-corrected chi connectivity index (χ4v) is 6.86. The van der Waals surface area contributed by atoms with Crippen LogP contribution in [0.2, 0.25) is 0 Å². The molecule has 7 rings (SSSR count). The smallest absolute Gasteiger partial charge is 0.0708 e. The molecule has 0 aliphatic heterocycles. The molecule has 0 atom stereocenters. The Kier molecular flexibility index (Phi) is 3.72. The van der Waals surface area contributed by atoms with Gasteiger partial charge >= 0.3 is 0 Å². The van der Waals surface area contributed by atoms with Crippen LogP contribution in [-0.2, 0) is 5.41 Å². The second-order valence-corrected chi connectivity index (χ2v) is 9.57. The van der Waals surface area contributed by atoms with Crippen LogP contribution >= 0.6 is 0 Å². The van der Waals surface area contributed by atoms with E-state index in [2.05, 4.69) is 71.7 Å². The molecule has 0 unspecified atom stereocenters. The highest BCUT2D eigenvalue weighted by atomic mass is 14.7. The zero-order valence-corrected chi connectivity index (χ0v) is 16.4. The Morgan fingerprint density at radius 3 is 1.93 bits per heavy atom. The van der Waals surface area contributed by atoms with Crippen LogP contribution in [0, 0.1) is 17.8 Å². The van der Waals surface area contributed by atoms with Crippen LogP contribution in [0.5, 0.6) is 0 Å². The van der Waals surface area contributed by atoms with E-state index in [0.29, 0.717) is 5.41 Å². The summed E-state index contributed by atoms with van der Waals surface area (Å²) in [5, 5.41) is 0. The highest BCUT2D eigenvalue weighted by Gasteiger charge is 2.51. The van der Waals surface area contributed by atoms with Crippen molar-refractivity contribution in [3.8, 4) is 22.4 Å². The molecule has 4 aliphatic carbocycles. The van der Waals surface area contributed by atoms with Gasteiger partial charge in [-0.1, -0.05) is 54.6 Å². The number of hydrogen-bond donors (Lipinski definition) is 0. The third-order valence-electron chi connectivity index (χ3n) is 7.70. The van der Waals surface area contributed by atoms with E-state index in [-0.39, 0.29) is 0 Å². The average Bonchev–Trinajstić information content (AvgIpc) is 2.74. The number of nitrogens with zero attached hydrogens (tertiary/aromatic N) is 1. The molecule has 0 spiro atoms. The predicted molar refractivity (Wildman–Crippen MR) is 115 cm³/mol. The van der Waals surface area contributed by atoms with Crippen LogP contribution < -0.4 is 0 Å². The second kappa shape index (κ2) is 6.30. The molecular formula is C27H27N. The summed E-state index contributed by atoms with van der Waals surface area (Å²) in [6.45, 7) is 0. The molecule has 4 bridgehead atoms. The van der Waals surface area contributed by atoms with Gasteiger partial charge in [-0.25, -0.2) is 0 Å². The fraction of sp³-hybridized carbons (Fsp3) is 0.370. The Hall–Kier alpha value is -2.41. The number of hydrogen-bond acceptors (Lipinski definition) is 1. The third kappa shape index (κ3) is 2.71. The predicted octanol–water partition coefficient (Wildman–Crippen LogP) is 6.88. The monoisotopic (exact) mass is 365 g/mol. The maximum absolute atomic E-state index is 4.58. The van der Waals surface area contributed by atoms with Crippen molar-refractivity contribution in [3.63, 3.8) is 0 Å². The van der Waals surface area contributed by atoms with Gasteiger partial charge in [-0.3, -0.25) is 4.98 Å². The molecule has 1 nitrogen and oxygen atoms in total. The van der Waals surface area contributed by atoms with E-state index in [9.17, 15) is 0 Å². The summed E-state index contributed by atoms with van der Waals surface area (Å²) in [6, 6.07) is 24.4. The maximum atomic E-state index is 4.58. The molecule has 0 radical (unpaired) electrons. The van der Waals surface area contributed by atoms with Crippen molar-refractivity contribution in [2.75, 3.05) is 0 Å². The molecule has 140 valence electrons. The first-order valence-corrected chi connectivity index (χ1v) is 10.9. The minimum absolute atomic E-state index is 0.487. The van der Waals surface area contributed by atoms with Crippen molar-refractivity contribution < 1.29 is 0 Å². The van der Waals surface area contributed by atoms with Crippen molar-refractivity contribution in [1.82, 2.24) is 4.98 Å². The van der Waals surface area contributed by atoms with Crippen molar-refractivity contribution in [3.05, 3.63) is 78.5 Å². The zero-order chi connectivity index (χ0) is 18.6. The van der Waals surface area contributed by atoms with E-state index in [1.165, 1.54) is 55.2 Å². The van der Waals surface area contributed by atoms with Gasteiger partial charge in [0.15, 0.2) is 0 Å². The standard InChI is InChI=1S/C27H27N/c1-2-4-23(5-3-1)26-15-24(10-11-28-26)22-6-8-25(9-7-22)27-16-19-12-20(17-27)14-21(13-19)18-27/h1-11,15,19-21H,12-14,16-18H2. The van der Waals surface area contributed by atoms with Gasteiger partial charge in [-0.2, -0.15) is 0 Å². The van der Waals surface area contributed by atoms with E-state index < -0.39 is 0 Å².